The van der Waals surface area contributed by atoms with Crippen LogP contribution in [0.3, 0.4) is 0 Å². The van der Waals surface area contributed by atoms with Gasteiger partial charge in [0.05, 0.1) is 5.92 Å². The van der Waals surface area contributed by atoms with Gasteiger partial charge in [-0.2, -0.15) is 0 Å². The molecular weight excluding hydrogens is 310 g/mol. The average Bonchev–Trinajstić information content (AvgIpc) is 2.71. The summed E-state index contributed by atoms with van der Waals surface area (Å²) in [5, 5.41) is 9.07. The predicted molar refractivity (Wildman–Crippen MR) is 76.4 cm³/mol. The Morgan fingerprint density at radius 2 is 2.32 bits per heavy atom. The fourth-order valence-electron chi connectivity index (χ4n) is 2.42. The molecule has 1 aromatic carbocycles. The second-order valence-corrected chi connectivity index (χ2v) is 5.90. The van der Waals surface area contributed by atoms with E-state index in [1.165, 1.54) is 0 Å². The van der Waals surface area contributed by atoms with Gasteiger partial charge in [-0.3, -0.25) is 9.69 Å². The first-order valence-corrected chi connectivity index (χ1v) is 7.19. The van der Waals surface area contributed by atoms with Crippen LogP contribution in [0.25, 0.3) is 0 Å². The van der Waals surface area contributed by atoms with Gasteiger partial charge in [-0.25, -0.2) is 0 Å². The van der Waals surface area contributed by atoms with Gasteiger partial charge >= 0.3 is 5.97 Å². The quantitative estimate of drug-likeness (QED) is 0.902. The van der Waals surface area contributed by atoms with Crippen LogP contribution < -0.4 is 4.74 Å². The molecule has 1 N–H and O–H groups in total. The highest BCUT2D eigenvalue weighted by molar-refractivity contribution is 9.10. The van der Waals surface area contributed by atoms with E-state index in [4.69, 9.17) is 9.84 Å². The third kappa shape index (κ3) is 3.94. The molecule has 2 atom stereocenters. The number of hydrogen-bond donors (Lipinski definition) is 1. The maximum Gasteiger partial charge on any atom is 0.308 e. The van der Waals surface area contributed by atoms with Crippen molar-refractivity contribution in [3.63, 3.8) is 0 Å². The van der Waals surface area contributed by atoms with E-state index in [2.05, 4.69) is 20.8 Å². The summed E-state index contributed by atoms with van der Waals surface area (Å²) in [5.41, 5.74) is 0. The first-order valence-electron chi connectivity index (χ1n) is 6.40. The number of rotatable bonds is 5. The number of nitrogens with zero attached hydrogens (tertiary/aromatic N) is 1. The minimum absolute atomic E-state index is 0.211. The normalized spacial score (nSPS) is 23.5. The summed E-state index contributed by atoms with van der Waals surface area (Å²) < 4.78 is 6.65. The Morgan fingerprint density at radius 1 is 1.53 bits per heavy atom. The van der Waals surface area contributed by atoms with E-state index in [-0.39, 0.29) is 11.8 Å². The lowest BCUT2D eigenvalue weighted by Gasteiger charge is -2.15. The van der Waals surface area contributed by atoms with E-state index in [0.29, 0.717) is 13.2 Å². The van der Waals surface area contributed by atoms with Gasteiger partial charge in [0.2, 0.25) is 0 Å². The Labute approximate surface area is 121 Å². The van der Waals surface area contributed by atoms with Crippen LogP contribution in [-0.2, 0) is 4.79 Å². The van der Waals surface area contributed by atoms with E-state index in [1.807, 2.05) is 31.2 Å². The highest BCUT2D eigenvalue weighted by Gasteiger charge is 2.34. The smallest absolute Gasteiger partial charge is 0.308 e. The molecule has 0 amide bonds. The lowest BCUT2D eigenvalue weighted by Crippen LogP contribution is -2.27. The molecule has 1 fully saturated rings. The first kappa shape index (κ1) is 14.3. The van der Waals surface area contributed by atoms with Crippen molar-refractivity contribution >= 4 is 21.9 Å². The lowest BCUT2D eigenvalue weighted by molar-refractivity contribution is -0.142. The SMILES string of the molecule is C[C@@H]1CN(CCOc2cccc(Br)c2)C[C@H]1C(=O)O. The molecular formula is C14H18BrNO3. The third-order valence-corrected chi connectivity index (χ3v) is 3.97. The Kier molecular flexibility index (Phi) is 4.82. The third-order valence-electron chi connectivity index (χ3n) is 3.48. The number of likely N-dealkylation sites (tertiary alicyclic amines) is 1. The van der Waals surface area contributed by atoms with Gasteiger partial charge in [-0.1, -0.05) is 28.9 Å². The molecule has 0 aliphatic carbocycles. The lowest BCUT2D eigenvalue weighted by atomic mass is 9.99. The highest BCUT2D eigenvalue weighted by atomic mass is 79.9. The predicted octanol–water partition coefficient (Wildman–Crippen LogP) is 2.48. The number of ether oxygens (including phenoxy) is 1. The van der Waals surface area contributed by atoms with Crippen LogP contribution in [0.1, 0.15) is 6.92 Å². The molecule has 1 aliphatic heterocycles. The Morgan fingerprint density at radius 3 is 2.95 bits per heavy atom. The van der Waals surface area contributed by atoms with E-state index in [1.54, 1.807) is 0 Å². The number of hydrogen-bond acceptors (Lipinski definition) is 3. The molecule has 0 spiro atoms. The van der Waals surface area contributed by atoms with Gasteiger partial charge in [0, 0.05) is 24.1 Å². The molecule has 2 rings (SSSR count). The summed E-state index contributed by atoms with van der Waals surface area (Å²) in [6.07, 6.45) is 0. The Hall–Kier alpha value is -1.07. The molecule has 0 saturated carbocycles. The number of aliphatic carboxylic acids is 1. The molecule has 1 saturated heterocycles. The second kappa shape index (κ2) is 6.39. The summed E-state index contributed by atoms with van der Waals surface area (Å²) >= 11 is 3.40. The van der Waals surface area contributed by atoms with Crippen LogP contribution in [0.2, 0.25) is 0 Å². The number of benzene rings is 1. The number of halogens is 1. The van der Waals surface area contributed by atoms with Crippen LogP contribution in [0.4, 0.5) is 0 Å². The van der Waals surface area contributed by atoms with Crippen molar-refractivity contribution in [3.8, 4) is 5.75 Å². The number of carbonyl (C=O) groups is 1. The van der Waals surface area contributed by atoms with Gasteiger partial charge in [0.15, 0.2) is 0 Å². The molecule has 1 aliphatic rings. The largest absolute Gasteiger partial charge is 0.492 e. The van der Waals surface area contributed by atoms with Crippen molar-refractivity contribution in [2.24, 2.45) is 11.8 Å². The van der Waals surface area contributed by atoms with Crippen LogP contribution >= 0.6 is 15.9 Å². The minimum atomic E-state index is -0.692. The molecule has 4 nitrogen and oxygen atoms in total. The van der Waals surface area contributed by atoms with Crippen molar-refractivity contribution in [2.45, 2.75) is 6.92 Å². The van der Waals surface area contributed by atoms with Gasteiger partial charge in [-0.05, 0) is 24.1 Å². The van der Waals surface area contributed by atoms with Crippen molar-refractivity contribution in [1.29, 1.82) is 0 Å². The topological polar surface area (TPSA) is 49.8 Å². The van der Waals surface area contributed by atoms with Crippen molar-refractivity contribution in [3.05, 3.63) is 28.7 Å². The van der Waals surface area contributed by atoms with Gasteiger partial charge in [0.1, 0.15) is 12.4 Å². The Balaban J connectivity index is 1.76. The highest BCUT2D eigenvalue weighted by Crippen LogP contribution is 2.23. The van der Waals surface area contributed by atoms with Gasteiger partial charge < -0.3 is 9.84 Å². The van der Waals surface area contributed by atoms with Crippen LogP contribution in [0.15, 0.2) is 28.7 Å². The zero-order chi connectivity index (χ0) is 13.8. The fourth-order valence-corrected chi connectivity index (χ4v) is 2.80. The van der Waals surface area contributed by atoms with E-state index < -0.39 is 5.97 Å². The van der Waals surface area contributed by atoms with Gasteiger partial charge in [-0.15, -0.1) is 0 Å². The zero-order valence-corrected chi connectivity index (χ0v) is 12.5. The number of carboxylic acids is 1. The van der Waals surface area contributed by atoms with Crippen molar-refractivity contribution in [1.82, 2.24) is 4.90 Å². The Bertz CT molecular complexity index is 452. The van der Waals surface area contributed by atoms with Crippen LogP contribution in [0.5, 0.6) is 5.75 Å². The first-order chi connectivity index (χ1) is 9.06. The summed E-state index contributed by atoms with van der Waals surface area (Å²) in [5.74, 6) is 0.105. The molecule has 0 bridgehead atoms. The monoisotopic (exact) mass is 327 g/mol. The van der Waals surface area contributed by atoms with E-state index in [9.17, 15) is 4.79 Å². The molecule has 19 heavy (non-hydrogen) atoms. The fraction of sp³-hybridized carbons (Fsp3) is 0.500. The summed E-state index contributed by atoms with van der Waals surface area (Å²) in [7, 11) is 0. The van der Waals surface area contributed by atoms with Crippen LogP contribution in [-0.4, -0.2) is 42.2 Å². The molecule has 0 unspecified atom stereocenters. The van der Waals surface area contributed by atoms with Crippen molar-refractivity contribution in [2.75, 3.05) is 26.2 Å². The van der Waals surface area contributed by atoms with Crippen molar-refractivity contribution < 1.29 is 14.6 Å². The molecule has 0 aromatic heterocycles. The summed E-state index contributed by atoms with van der Waals surface area (Å²) in [6.45, 7) is 4.79. The van der Waals surface area contributed by atoms with Crippen LogP contribution in [0, 0.1) is 11.8 Å². The van der Waals surface area contributed by atoms with E-state index >= 15 is 0 Å². The molecule has 5 heteroatoms. The maximum atomic E-state index is 11.0. The number of carboxylic acid groups (broad SMARTS) is 1. The van der Waals surface area contributed by atoms with E-state index in [0.717, 1.165) is 23.3 Å². The standard InChI is InChI=1S/C14H18BrNO3/c1-10-8-16(9-13(10)14(17)18)5-6-19-12-4-2-3-11(15)7-12/h2-4,7,10,13H,5-6,8-9H2,1H3,(H,17,18)/t10-,13-/m1/s1. The minimum Gasteiger partial charge on any atom is -0.492 e. The second-order valence-electron chi connectivity index (χ2n) is 4.99. The summed E-state index contributed by atoms with van der Waals surface area (Å²) in [4.78, 5) is 13.2. The molecule has 0 radical (unpaired) electrons. The molecule has 1 heterocycles. The average molecular weight is 328 g/mol. The van der Waals surface area contributed by atoms with Gasteiger partial charge in [0.25, 0.3) is 0 Å². The molecule has 1 aromatic rings. The molecule has 104 valence electrons. The maximum absolute atomic E-state index is 11.0. The summed E-state index contributed by atoms with van der Waals surface area (Å²) in [6, 6.07) is 7.72. The zero-order valence-electron chi connectivity index (χ0n) is 10.9.